The fraction of sp³-hybridized carbons (Fsp3) is 0.500. The minimum atomic E-state index is -0.811. The fourth-order valence-electron chi connectivity index (χ4n) is 2.66. The maximum absolute atomic E-state index is 12.6. The maximum Gasteiger partial charge on any atom is 0.256 e. The Balaban J connectivity index is 0.00000288. The number of carbonyl (C=O) groups excluding carboxylic acids is 2. The zero-order chi connectivity index (χ0) is 16.9. The second kappa shape index (κ2) is 8.86. The van der Waals surface area contributed by atoms with E-state index in [1.165, 1.54) is 14.0 Å². The van der Waals surface area contributed by atoms with Gasteiger partial charge in [-0.3, -0.25) is 9.59 Å². The molecule has 1 aliphatic heterocycles. The largest absolute Gasteiger partial charge is 0.494 e. The van der Waals surface area contributed by atoms with Gasteiger partial charge in [0.2, 0.25) is 5.91 Å². The van der Waals surface area contributed by atoms with E-state index in [1.807, 2.05) is 0 Å². The molecule has 0 bridgehead atoms. The van der Waals surface area contributed by atoms with Crippen LogP contribution in [0.5, 0.6) is 5.75 Å². The molecule has 0 unspecified atom stereocenters. The minimum Gasteiger partial charge on any atom is -0.494 e. The van der Waals surface area contributed by atoms with E-state index in [-0.39, 0.29) is 24.2 Å². The first kappa shape index (κ1) is 20.2. The number of hydrogen-bond donors (Lipinski definition) is 3. The Labute approximate surface area is 147 Å². The molecule has 0 aromatic heterocycles. The number of rotatable bonds is 5. The predicted octanol–water partition coefficient (Wildman–Crippen LogP) is 1.78. The van der Waals surface area contributed by atoms with Crippen molar-refractivity contribution in [1.29, 1.82) is 0 Å². The number of nitrogens with one attached hydrogen (secondary N) is 3. The topological polar surface area (TPSA) is 88.7 Å². The summed E-state index contributed by atoms with van der Waals surface area (Å²) in [6, 6.07) is 5.08. The van der Waals surface area contributed by atoms with Gasteiger partial charge < -0.3 is 25.4 Å². The number of ether oxygens (including phenoxy) is 2. The highest BCUT2D eigenvalue weighted by Crippen LogP contribution is 2.30. The SMILES string of the molecule is COc1cc(NC(=O)C2(OC)CCNCC2)ccc1NC(C)=O.Cl. The molecule has 2 amide bonds. The van der Waals surface area contributed by atoms with Crippen LogP contribution in [0.2, 0.25) is 0 Å². The lowest BCUT2D eigenvalue weighted by Gasteiger charge is -2.34. The van der Waals surface area contributed by atoms with Crippen LogP contribution >= 0.6 is 12.4 Å². The molecule has 0 aliphatic carbocycles. The standard InChI is InChI=1S/C16H23N3O4.ClH/c1-11(20)18-13-5-4-12(10-14(13)22-2)19-15(21)16(23-3)6-8-17-9-7-16;/h4-5,10,17H,6-9H2,1-3H3,(H,18,20)(H,19,21);1H. The molecule has 0 saturated carbocycles. The molecule has 1 aliphatic rings. The molecule has 0 radical (unpaired) electrons. The van der Waals surface area contributed by atoms with Crippen molar-refractivity contribution in [2.24, 2.45) is 0 Å². The van der Waals surface area contributed by atoms with Gasteiger partial charge in [0.15, 0.2) is 0 Å². The Morgan fingerprint density at radius 3 is 2.38 bits per heavy atom. The Kier molecular flexibility index (Phi) is 7.47. The smallest absolute Gasteiger partial charge is 0.256 e. The van der Waals surface area contributed by atoms with Crippen molar-refractivity contribution >= 4 is 35.6 Å². The highest BCUT2D eigenvalue weighted by Gasteiger charge is 2.39. The zero-order valence-electron chi connectivity index (χ0n) is 14.1. The highest BCUT2D eigenvalue weighted by atomic mass is 35.5. The molecular formula is C16H24ClN3O4. The molecule has 7 nitrogen and oxygen atoms in total. The van der Waals surface area contributed by atoms with Crippen LogP contribution in [-0.2, 0) is 14.3 Å². The van der Waals surface area contributed by atoms with Gasteiger partial charge in [-0.05, 0) is 38.1 Å². The predicted molar refractivity (Wildman–Crippen MR) is 95.0 cm³/mol. The lowest BCUT2D eigenvalue weighted by atomic mass is 9.91. The van der Waals surface area contributed by atoms with Crippen LogP contribution in [-0.4, -0.2) is 44.7 Å². The summed E-state index contributed by atoms with van der Waals surface area (Å²) in [5.41, 5.74) is 0.339. The molecule has 2 rings (SSSR count). The Morgan fingerprint density at radius 1 is 1.17 bits per heavy atom. The van der Waals surface area contributed by atoms with Crippen molar-refractivity contribution in [3.63, 3.8) is 0 Å². The van der Waals surface area contributed by atoms with Gasteiger partial charge in [0, 0.05) is 25.8 Å². The molecule has 1 fully saturated rings. The van der Waals surface area contributed by atoms with E-state index >= 15 is 0 Å². The monoisotopic (exact) mass is 357 g/mol. The summed E-state index contributed by atoms with van der Waals surface area (Å²) >= 11 is 0. The molecular weight excluding hydrogens is 334 g/mol. The Bertz CT molecular complexity index is 589. The van der Waals surface area contributed by atoms with Crippen LogP contribution < -0.4 is 20.7 Å². The van der Waals surface area contributed by atoms with Crippen molar-refractivity contribution in [1.82, 2.24) is 5.32 Å². The second-order valence-electron chi connectivity index (χ2n) is 5.50. The average Bonchev–Trinajstić information content (AvgIpc) is 2.56. The second-order valence-corrected chi connectivity index (χ2v) is 5.50. The summed E-state index contributed by atoms with van der Waals surface area (Å²) in [6.45, 7) is 2.91. The van der Waals surface area contributed by atoms with Crippen molar-refractivity contribution in [2.45, 2.75) is 25.4 Å². The number of hydrogen-bond acceptors (Lipinski definition) is 5. The quantitative estimate of drug-likeness (QED) is 0.747. The zero-order valence-corrected chi connectivity index (χ0v) is 14.9. The van der Waals surface area contributed by atoms with Crippen LogP contribution in [0, 0.1) is 0 Å². The van der Waals surface area contributed by atoms with Gasteiger partial charge >= 0.3 is 0 Å². The first-order chi connectivity index (χ1) is 11.0. The summed E-state index contributed by atoms with van der Waals surface area (Å²) in [5, 5.41) is 8.77. The number of methoxy groups -OCH3 is 2. The molecule has 0 atom stereocenters. The normalized spacial score (nSPS) is 15.8. The molecule has 0 spiro atoms. The molecule has 1 heterocycles. The molecule has 3 N–H and O–H groups in total. The number of carbonyl (C=O) groups is 2. The van der Waals surface area contributed by atoms with Gasteiger partial charge in [0.1, 0.15) is 11.4 Å². The average molecular weight is 358 g/mol. The number of amides is 2. The Hall–Kier alpha value is -1.83. The molecule has 1 saturated heterocycles. The number of piperidine rings is 1. The van der Waals surface area contributed by atoms with Crippen molar-refractivity contribution in [2.75, 3.05) is 37.9 Å². The van der Waals surface area contributed by atoms with E-state index in [9.17, 15) is 9.59 Å². The summed E-state index contributed by atoms with van der Waals surface area (Å²) in [4.78, 5) is 23.8. The van der Waals surface area contributed by atoms with E-state index in [2.05, 4.69) is 16.0 Å². The van der Waals surface area contributed by atoms with Gasteiger partial charge in [0.25, 0.3) is 5.91 Å². The van der Waals surface area contributed by atoms with Gasteiger partial charge in [-0.1, -0.05) is 0 Å². The van der Waals surface area contributed by atoms with Gasteiger partial charge in [0.05, 0.1) is 12.8 Å². The van der Waals surface area contributed by atoms with Crippen LogP contribution in [0.25, 0.3) is 0 Å². The molecule has 134 valence electrons. The third-order valence-corrected chi connectivity index (χ3v) is 3.99. The van der Waals surface area contributed by atoms with Gasteiger partial charge in [-0.25, -0.2) is 0 Å². The summed E-state index contributed by atoms with van der Waals surface area (Å²) in [7, 11) is 3.07. The summed E-state index contributed by atoms with van der Waals surface area (Å²) in [5.74, 6) is 0.124. The van der Waals surface area contributed by atoms with Crippen LogP contribution in [0.4, 0.5) is 11.4 Å². The first-order valence-electron chi connectivity index (χ1n) is 7.54. The third-order valence-electron chi connectivity index (χ3n) is 3.99. The molecule has 24 heavy (non-hydrogen) atoms. The molecule has 8 heteroatoms. The lowest BCUT2D eigenvalue weighted by Crippen LogP contribution is -2.51. The molecule has 1 aromatic rings. The summed E-state index contributed by atoms with van der Waals surface area (Å²) < 4.78 is 10.8. The van der Waals surface area contributed by atoms with Gasteiger partial charge in [-0.2, -0.15) is 0 Å². The van der Waals surface area contributed by atoms with Crippen molar-refractivity contribution in [3.05, 3.63) is 18.2 Å². The van der Waals surface area contributed by atoms with Gasteiger partial charge in [-0.15, -0.1) is 12.4 Å². The maximum atomic E-state index is 12.6. The summed E-state index contributed by atoms with van der Waals surface area (Å²) in [6.07, 6.45) is 1.24. The van der Waals surface area contributed by atoms with E-state index in [1.54, 1.807) is 25.3 Å². The minimum absolute atomic E-state index is 0. The Morgan fingerprint density at radius 2 is 1.83 bits per heavy atom. The number of anilines is 2. The number of halogens is 1. The number of benzene rings is 1. The van der Waals surface area contributed by atoms with E-state index in [4.69, 9.17) is 9.47 Å². The fourth-order valence-corrected chi connectivity index (χ4v) is 2.66. The third kappa shape index (κ3) is 4.59. The van der Waals surface area contributed by atoms with Crippen LogP contribution in [0.1, 0.15) is 19.8 Å². The highest BCUT2D eigenvalue weighted by molar-refractivity contribution is 5.98. The van der Waals surface area contributed by atoms with Crippen molar-refractivity contribution < 1.29 is 19.1 Å². The molecule has 1 aromatic carbocycles. The van der Waals surface area contributed by atoms with Crippen LogP contribution in [0.3, 0.4) is 0 Å². The lowest BCUT2D eigenvalue weighted by molar-refractivity contribution is -0.140. The van der Waals surface area contributed by atoms with Crippen LogP contribution in [0.15, 0.2) is 18.2 Å². The van der Waals surface area contributed by atoms with E-state index in [0.717, 1.165) is 13.1 Å². The van der Waals surface area contributed by atoms with E-state index in [0.29, 0.717) is 30.0 Å². The van der Waals surface area contributed by atoms with E-state index < -0.39 is 5.60 Å². The van der Waals surface area contributed by atoms with Crippen molar-refractivity contribution in [3.8, 4) is 5.75 Å². The first-order valence-corrected chi connectivity index (χ1v) is 7.54.